The number of carbonyl (C=O) groups is 2. The molecule has 0 fully saturated rings. The normalized spacial score (nSPS) is 13.7. The molecule has 1 aromatic carbocycles. The summed E-state index contributed by atoms with van der Waals surface area (Å²) in [5, 5.41) is 13.8. The lowest BCUT2D eigenvalue weighted by Gasteiger charge is -2.30. The van der Waals surface area contributed by atoms with Crippen molar-refractivity contribution in [2.45, 2.75) is 26.8 Å². The highest BCUT2D eigenvalue weighted by atomic mass is 16.4. The summed E-state index contributed by atoms with van der Waals surface area (Å²) in [4.78, 5) is 30.6. The summed E-state index contributed by atoms with van der Waals surface area (Å²) in [5.41, 5.74) is 4.70. The lowest BCUT2D eigenvalue weighted by molar-refractivity contribution is 0.0677. The van der Waals surface area contributed by atoms with Crippen LogP contribution in [0.25, 0.3) is 5.65 Å². The topological polar surface area (TPSA) is 87.8 Å². The molecule has 26 heavy (non-hydrogen) atoms. The summed E-state index contributed by atoms with van der Waals surface area (Å²) < 4.78 is 1.67. The summed E-state index contributed by atoms with van der Waals surface area (Å²) in [6, 6.07) is 7.12. The summed E-state index contributed by atoms with van der Waals surface area (Å²) in [6.07, 6.45) is 2.21. The first-order chi connectivity index (χ1) is 12.5. The number of carboxylic acid groups (broad SMARTS) is 1. The third-order valence-electron chi connectivity index (χ3n) is 4.87. The van der Waals surface area contributed by atoms with Crippen molar-refractivity contribution in [3.63, 3.8) is 0 Å². The molecule has 1 amide bonds. The third-order valence-corrected chi connectivity index (χ3v) is 4.87. The number of nitrogens with zero attached hydrogens (tertiary/aromatic N) is 4. The Morgan fingerprint density at radius 2 is 2.00 bits per heavy atom. The van der Waals surface area contributed by atoms with Gasteiger partial charge in [-0.2, -0.15) is 5.10 Å². The number of carbonyl (C=O) groups excluding carboxylic acids is 1. The molecule has 0 saturated carbocycles. The monoisotopic (exact) mass is 350 g/mol. The van der Waals surface area contributed by atoms with Crippen molar-refractivity contribution in [1.29, 1.82) is 0 Å². The second-order valence-corrected chi connectivity index (χ2v) is 6.54. The van der Waals surface area contributed by atoms with Crippen molar-refractivity contribution in [2.75, 3.05) is 6.54 Å². The fourth-order valence-electron chi connectivity index (χ4n) is 3.50. The maximum absolute atomic E-state index is 13.1. The number of aromatic nitrogens is 3. The molecule has 4 rings (SSSR count). The molecular weight excluding hydrogens is 332 g/mol. The molecule has 0 unspecified atom stereocenters. The van der Waals surface area contributed by atoms with Crippen molar-refractivity contribution in [1.82, 2.24) is 19.5 Å². The van der Waals surface area contributed by atoms with Gasteiger partial charge in [-0.3, -0.25) is 4.79 Å². The average molecular weight is 350 g/mol. The van der Waals surface area contributed by atoms with Crippen LogP contribution in [0.2, 0.25) is 0 Å². The van der Waals surface area contributed by atoms with E-state index in [1.165, 1.54) is 0 Å². The molecule has 132 valence electrons. The van der Waals surface area contributed by atoms with Crippen molar-refractivity contribution >= 4 is 17.5 Å². The van der Waals surface area contributed by atoms with E-state index in [2.05, 4.69) is 10.1 Å². The van der Waals surface area contributed by atoms with Gasteiger partial charge in [-0.1, -0.05) is 12.1 Å². The second kappa shape index (κ2) is 5.94. The van der Waals surface area contributed by atoms with Gasteiger partial charge in [0.1, 0.15) is 0 Å². The molecule has 0 aliphatic carbocycles. The van der Waals surface area contributed by atoms with Crippen LogP contribution in [0, 0.1) is 13.8 Å². The van der Waals surface area contributed by atoms with Crippen LogP contribution in [0.3, 0.4) is 0 Å². The fourth-order valence-corrected chi connectivity index (χ4v) is 3.50. The Morgan fingerprint density at radius 1 is 1.19 bits per heavy atom. The van der Waals surface area contributed by atoms with E-state index < -0.39 is 5.97 Å². The molecule has 1 N–H and O–H groups in total. The number of aryl methyl sites for hydroxylation is 2. The third kappa shape index (κ3) is 2.52. The zero-order valence-corrected chi connectivity index (χ0v) is 14.6. The summed E-state index contributed by atoms with van der Waals surface area (Å²) in [7, 11) is 0. The first-order valence-corrected chi connectivity index (χ1v) is 8.41. The number of rotatable bonds is 2. The predicted molar refractivity (Wildman–Crippen MR) is 94.3 cm³/mol. The Balaban J connectivity index is 1.70. The van der Waals surface area contributed by atoms with Crippen LogP contribution >= 0.6 is 0 Å². The van der Waals surface area contributed by atoms with E-state index in [0.717, 1.165) is 17.0 Å². The van der Waals surface area contributed by atoms with Crippen LogP contribution in [-0.2, 0) is 13.0 Å². The predicted octanol–water partition coefficient (Wildman–Crippen LogP) is 2.24. The number of fused-ring (bicyclic) bond motifs is 2. The molecule has 1 aliphatic heterocycles. The minimum absolute atomic E-state index is 0.157. The molecule has 0 atom stereocenters. The number of carboxylic acids is 1. The van der Waals surface area contributed by atoms with Gasteiger partial charge in [-0.15, -0.1) is 0 Å². The lowest BCUT2D eigenvalue weighted by Crippen LogP contribution is -2.37. The second-order valence-electron chi connectivity index (χ2n) is 6.54. The molecule has 7 nitrogen and oxygen atoms in total. The van der Waals surface area contributed by atoms with E-state index in [-0.39, 0.29) is 18.0 Å². The Labute approximate surface area is 149 Å². The number of hydrogen-bond acceptors (Lipinski definition) is 4. The van der Waals surface area contributed by atoms with E-state index in [1.807, 2.05) is 26.0 Å². The fraction of sp³-hybridized carbons (Fsp3) is 0.263. The van der Waals surface area contributed by atoms with E-state index in [1.54, 1.807) is 27.7 Å². The quantitative estimate of drug-likeness (QED) is 0.766. The van der Waals surface area contributed by atoms with Gasteiger partial charge in [0.05, 0.1) is 22.5 Å². The van der Waals surface area contributed by atoms with E-state index in [4.69, 9.17) is 0 Å². The van der Waals surface area contributed by atoms with Crippen molar-refractivity contribution in [3.8, 4) is 0 Å². The lowest BCUT2D eigenvalue weighted by atomic mass is 9.94. The summed E-state index contributed by atoms with van der Waals surface area (Å²) in [5.74, 6) is -1.13. The Bertz CT molecular complexity index is 1050. The van der Waals surface area contributed by atoms with Crippen LogP contribution in [0.1, 0.15) is 43.2 Å². The maximum atomic E-state index is 13.1. The average Bonchev–Trinajstić information content (AvgIpc) is 3.02. The van der Waals surface area contributed by atoms with Gasteiger partial charge in [0, 0.05) is 25.4 Å². The molecule has 0 radical (unpaired) electrons. The van der Waals surface area contributed by atoms with Gasteiger partial charge in [-0.05, 0) is 37.5 Å². The molecule has 0 saturated heterocycles. The van der Waals surface area contributed by atoms with Crippen LogP contribution in [0.15, 0.2) is 30.5 Å². The van der Waals surface area contributed by atoms with Gasteiger partial charge < -0.3 is 10.0 Å². The van der Waals surface area contributed by atoms with Gasteiger partial charge in [0.25, 0.3) is 5.91 Å². The first-order valence-electron chi connectivity index (χ1n) is 8.41. The number of benzene rings is 1. The van der Waals surface area contributed by atoms with E-state index >= 15 is 0 Å². The maximum Gasteiger partial charge on any atom is 0.336 e. The molecule has 0 spiro atoms. The van der Waals surface area contributed by atoms with Crippen LogP contribution in [-0.4, -0.2) is 43.0 Å². The Hall–Kier alpha value is -3.22. The van der Waals surface area contributed by atoms with Crippen molar-refractivity contribution in [3.05, 3.63) is 64.1 Å². The molecule has 0 bridgehead atoms. The minimum atomic E-state index is -0.970. The van der Waals surface area contributed by atoms with Crippen LogP contribution in [0.4, 0.5) is 0 Å². The first kappa shape index (κ1) is 16.3. The number of hydrogen-bond donors (Lipinski definition) is 1. The molecular formula is C19H18N4O3. The smallest absolute Gasteiger partial charge is 0.336 e. The van der Waals surface area contributed by atoms with Crippen LogP contribution in [0.5, 0.6) is 0 Å². The van der Waals surface area contributed by atoms with Gasteiger partial charge in [0.15, 0.2) is 5.65 Å². The molecule has 2 aromatic heterocycles. The summed E-state index contributed by atoms with van der Waals surface area (Å²) in [6.45, 7) is 4.55. The molecule has 7 heteroatoms. The number of aromatic carboxylic acids is 1. The highest BCUT2D eigenvalue weighted by Crippen LogP contribution is 2.25. The zero-order valence-electron chi connectivity index (χ0n) is 14.6. The largest absolute Gasteiger partial charge is 0.478 e. The van der Waals surface area contributed by atoms with E-state index in [9.17, 15) is 14.7 Å². The SMILES string of the molecule is Cc1cc2ncc(C(=O)N3CCc4cccc(C(=O)O)c4C3)c(C)n2n1. The number of amides is 1. The molecule has 3 aromatic rings. The highest BCUT2D eigenvalue weighted by Gasteiger charge is 2.27. The minimum Gasteiger partial charge on any atom is -0.478 e. The Morgan fingerprint density at radius 3 is 2.77 bits per heavy atom. The van der Waals surface area contributed by atoms with Crippen LogP contribution < -0.4 is 0 Å². The highest BCUT2D eigenvalue weighted by molar-refractivity contribution is 5.96. The van der Waals surface area contributed by atoms with Crippen molar-refractivity contribution < 1.29 is 14.7 Å². The van der Waals surface area contributed by atoms with Gasteiger partial charge in [-0.25, -0.2) is 14.3 Å². The molecule has 1 aliphatic rings. The van der Waals surface area contributed by atoms with Crippen molar-refractivity contribution in [2.24, 2.45) is 0 Å². The standard InChI is InChI=1S/C19H18N4O3/c1-11-8-17-20-9-15(12(2)23(17)21-11)18(24)22-7-6-13-4-3-5-14(19(25)26)16(13)10-22/h3-5,8-9H,6-7,10H2,1-2H3,(H,25,26). The van der Waals surface area contributed by atoms with Gasteiger partial charge >= 0.3 is 5.97 Å². The van der Waals surface area contributed by atoms with Gasteiger partial charge in [0.2, 0.25) is 0 Å². The Kier molecular flexibility index (Phi) is 3.72. The molecule has 3 heterocycles. The summed E-state index contributed by atoms with van der Waals surface area (Å²) >= 11 is 0. The zero-order chi connectivity index (χ0) is 18.4. The van der Waals surface area contributed by atoms with E-state index in [0.29, 0.717) is 29.7 Å².